The minimum absolute atomic E-state index is 0.341. The van der Waals surface area contributed by atoms with Crippen molar-refractivity contribution in [3.8, 4) is 40.9 Å². The molecule has 0 N–H and O–H groups in total. The Hall–Kier alpha value is -8.75. The maximum Gasteiger partial charge on any atom is 0.195 e. The number of fused-ring (bicyclic) bond motifs is 10. The van der Waals surface area contributed by atoms with Crippen molar-refractivity contribution in [2.24, 2.45) is 0 Å². The number of allylic oxidation sites excluding steroid dienone is 2. The van der Waals surface area contributed by atoms with E-state index in [0.717, 1.165) is 96.3 Å². The Balaban J connectivity index is 1.57. The van der Waals surface area contributed by atoms with Gasteiger partial charge in [-0.05, 0) is 191 Å². The number of unbranched alkanes of at least 4 members (excludes halogenated alkanes) is 35. The average molecular weight is 1420 g/mol. The van der Waals surface area contributed by atoms with Crippen LogP contribution in [0.4, 0.5) is 0 Å². The molecule has 0 saturated heterocycles. The second kappa shape index (κ2) is 53.1. The molecule has 0 atom stereocenters. The Morgan fingerprint density at radius 2 is 0.419 bits per heavy atom. The molecule has 1 aliphatic carbocycles. The molecule has 10 heteroatoms. The van der Waals surface area contributed by atoms with E-state index in [1.54, 1.807) is 0 Å². The molecule has 0 heterocycles. The monoisotopic (exact) mass is 1420 g/mol. The number of nitriles is 2. The molecule has 0 fully saturated rings. The van der Waals surface area contributed by atoms with E-state index in [0.29, 0.717) is 146 Å². The summed E-state index contributed by atoms with van der Waals surface area (Å²) in [5, 5.41) is 22.7. The van der Waals surface area contributed by atoms with Crippen molar-refractivity contribution < 1.29 is 23.7 Å². The molecule has 5 aromatic rings. The summed E-state index contributed by atoms with van der Waals surface area (Å²) in [7, 11) is 0. The number of benzene rings is 5. The minimum Gasteiger partial charge on any atom is -0.494 e. The quantitative estimate of drug-likeness (QED) is 0.0282. The second-order valence-corrected chi connectivity index (χ2v) is 28.8. The van der Waals surface area contributed by atoms with E-state index in [2.05, 4.69) is 61.3 Å². The third kappa shape index (κ3) is 33.9. The molecule has 0 aromatic heterocycles. The van der Waals surface area contributed by atoms with Gasteiger partial charge in [0.2, 0.25) is 0 Å². The molecule has 10 bridgehead atoms. The van der Waals surface area contributed by atoms with Gasteiger partial charge in [0.1, 0.15) is 28.7 Å². The van der Waals surface area contributed by atoms with Crippen molar-refractivity contribution in [3.05, 3.63) is 181 Å². The molecule has 1 aliphatic rings. The van der Waals surface area contributed by atoms with Crippen molar-refractivity contribution in [2.45, 2.75) is 291 Å². The lowest BCUT2D eigenvalue weighted by Gasteiger charge is -2.13. The van der Waals surface area contributed by atoms with Crippen LogP contribution in [0.5, 0.6) is 28.7 Å². The standard InChI is InChI=1S/C95H125N5O5/c1-9-14-19-24-29-34-39-44-49-101-88-61-76-54-81(69-88)87(75-97)60-77-56-83(71-90(62-77)103-51-46-41-36-31-26-21-16-11-3)94(99-7)67-79-58-85(73-92(64-79)105-53-48-43-38-33-28-23-18-13-5)95(100-8)68-80-57-84(72-91(65-80)104-52-47-42-37-32-27-22-17-12-4)93(98-6)66-78-55-82(86(59-76)74-96)70-89(63-78)102-50-45-40-35-30-25-20-15-10-2/h54-73H,9-53H2,1-5H3/b86-59+,87-60?,93-66-,94-67-,95-68-. The number of nitrogens with zero attached hydrogens (tertiary/aromatic N) is 5. The lowest BCUT2D eigenvalue weighted by atomic mass is 9.96. The normalized spacial score (nSPS) is 14.1. The first-order valence-electron chi connectivity index (χ1n) is 41.1. The van der Waals surface area contributed by atoms with Gasteiger partial charge < -0.3 is 23.7 Å². The third-order valence-corrected chi connectivity index (χ3v) is 19.6. The summed E-state index contributed by atoms with van der Waals surface area (Å²) < 4.78 is 33.1. The predicted octanol–water partition coefficient (Wildman–Crippen LogP) is 29.0. The summed E-state index contributed by atoms with van der Waals surface area (Å²) >= 11 is 0. The predicted molar refractivity (Wildman–Crippen MR) is 443 cm³/mol. The third-order valence-electron chi connectivity index (χ3n) is 19.6. The van der Waals surface area contributed by atoms with Crippen molar-refractivity contribution in [3.63, 3.8) is 0 Å². The number of hydrogen-bond acceptors (Lipinski definition) is 7. The Morgan fingerprint density at radius 1 is 0.238 bits per heavy atom. The van der Waals surface area contributed by atoms with Gasteiger partial charge in [0.15, 0.2) is 17.1 Å². The highest BCUT2D eigenvalue weighted by Crippen LogP contribution is 2.37. The van der Waals surface area contributed by atoms with Crippen LogP contribution in [0.3, 0.4) is 0 Å². The van der Waals surface area contributed by atoms with Gasteiger partial charge in [-0.15, -0.1) is 0 Å². The molecule has 5 aromatic carbocycles. The van der Waals surface area contributed by atoms with Gasteiger partial charge in [0.25, 0.3) is 0 Å². The van der Waals surface area contributed by atoms with Crippen molar-refractivity contribution in [2.75, 3.05) is 33.0 Å². The summed E-state index contributed by atoms with van der Waals surface area (Å²) in [4.78, 5) is 12.6. The van der Waals surface area contributed by atoms with Gasteiger partial charge in [-0.25, -0.2) is 14.5 Å². The van der Waals surface area contributed by atoms with E-state index < -0.39 is 0 Å². The Kier molecular flexibility index (Phi) is 43.1. The smallest absolute Gasteiger partial charge is 0.195 e. The van der Waals surface area contributed by atoms with E-state index in [4.69, 9.17) is 43.4 Å². The fourth-order valence-electron chi connectivity index (χ4n) is 13.5. The average Bonchev–Trinajstić information content (AvgIpc) is 0.961. The van der Waals surface area contributed by atoms with E-state index in [-0.39, 0.29) is 0 Å². The molecule has 0 spiro atoms. The van der Waals surface area contributed by atoms with Crippen LogP contribution in [0.2, 0.25) is 0 Å². The number of rotatable bonds is 50. The summed E-state index contributed by atoms with van der Waals surface area (Å²) in [6.45, 7) is 40.3. The summed E-state index contributed by atoms with van der Waals surface area (Å²) in [5.74, 6) is 2.92. The lowest BCUT2D eigenvalue weighted by Crippen LogP contribution is -2.00. The Morgan fingerprint density at radius 3 is 0.619 bits per heavy atom. The molecular weight excluding hydrogens is 1290 g/mol. The van der Waals surface area contributed by atoms with Gasteiger partial charge >= 0.3 is 0 Å². The van der Waals surface area contributed by atoms with Crippen LogP contribution in [0.15, 0.2) is 91.0 Å². The van der Waals surface area contributed by atoms with Crippen molar-refractivity contribution >= 4 is 58.6 Å². The maximum atomic E-state index is 11.3. The first-order chi connectivity index (χ1) is 51.7. The number of ether oxygens (including phenoxy) is 5. The second-order valence-electron chi connectivity index (χ2n) is 28.8. The molecule has 0 aliphatic heterocycles. The van der Waals surface area contributed by atoms with Crippen LogP contribution < -0.4 is 23.7 Å². The largest absolute Gasteiger partial charge is 0.494 e. The summed E-state index contributed by atoms with van der Waals surface area (Å²) in [5.41, 5.74) is 8.13. The van der Waals surface area contributed by atoms with Crippen LogP contribution in [0.25, 0.3) is 73.2 Å². The number of hydrogen-bond donors (Lipinski definition) is 0. The zero-order valence-corrected chi connectivity index (χ0v) is 65.1. The SMILES string of the molecule is [C-]#[N+]/C1=C\c2cc(OCCCCCCCCCC)cc(c2)/C([N+]#[C-])=C/c2cc(OCCCCCCCCCC)cc(c2)/C([N+]#[C-])=C/c2cc(OCCCCCCCCCC)cc(c2)/C(C#N)=C/c2cc(OCCCCCCCCCC)cc(c2)C(C#N)=Cc2cc(OCCCCCCCCCC)cc1c2. The van der Waals surface area contributed by atoms with Gasteiger partial charge in [-0.1, -0.05) is 278 Å². The topological polar surface area (TPSA) is 107 Å². The van der Waals surface area contributed by atoms with E-state index >= 15 is 0 Å². The highest BCUT2D eigenvalue weighted by molar-refractivity contribution is 5.96. The van der Waals surface area contributed by atoms with Crippen LogP contribution in [-0.2, 0) is 0 Å². The maximum absolute atomic E-state index is 11.3. The van der Waals surface area contributed by atoms with Gasteiger partial charge in [-0.3, -0.25) is 0 Å². The Labute approximate surface area is 635 Å². The molecule has 10 nitrogen and oxygen atoms in total. The lowest BCUT2D eigenvalue weighted by molar-refractivity contribution is 0.304. The van der Waals surface area contributed by atoms with Crippen LogP contribution in [-0.4, -0.2) is 33.0 Å². The first kappa shape index (κ1) is 85.2. The van der Waals surface area contributed by atoms with Crippen molar-refractivity contribution in [1.29, 1.82) is 10.5 Å². The molecule has 0 saturated carbocycles. The summed E-state index contributed by atoms with van der Waals surface area (Å²) in [6, 6.07) is 34.0. The zero-order valence-electron chi connectivity index (χ0n) is 65.1. The molecule has 105 heavy (non-hydrogen) atoms. The minimum atomic E-state index is 0.341. The molecule has 0 unspecified atom stereocenters. The van der Waals surface area contributed by atoms with Crippen LogP contribution in [0, 0.1) is 42.4 Å². The van der Waals surface area contributed by atoms with Crippen LogP contribution >= 0.6 is 0 Å². The molecular formula is C95H125N5O5. The Bertz CT molecular complexity index is 3190. The highest BCUT2D eigenvalue weighted by Gasteiger charge is 2.17. The fourth-order valence-corrected chi connectivity index (χ4v) is 13.5. The van der Waals surface area contributed by atoms with E-state index in [9.17, 15) is 10.5 Å². The van der Waals surface area contributed by atoms with E-state index in [1.165, 1.54) is 161 Å². The van der Waals surface area contributed by atoms with Gasteiger partial charge in [0.05, 0.1) is 76.0 Å². The molecule has 6 rings (SSSR count). The van der Waals surface area contributed by atoms with E-state index in [1.807, 2.05) is 121 Å². The molecule has 0 radical (unpaired) electrons. The highest BCUT2D eigenvalue weighted by atomic mass is 16.5. The van der Waals surface area contributed by atoms with Crippen molar-refractivity contribution in [1.82, 2.24) is 0 Å². The van der Waals surface area contributed by atoms with Crippen LogP contribution in [0.1, 0.15) is 347 Å². The molecule has 0 amide bonds. The van der Waals surface area contributed by atoms with Gasteiger partial charge in [-0.2, -0.15) is 10.5 Å². The molecule has 560 valence electrons. The van der Waals surface area contributed by atoms with Gasteiger partial charge in [0, 0.05) is 0 Å². The summed E-state index contributed by atoms with van der Waals surface area (Å²) in [6.07, 6.45) is 55.6. The first-order valence-corrected chi connectivity index (χ1v) is 41.1. The fraction of sp³-hybridized carbons (Fsp3) is 0.526. The zero-order chi connectivity index (χ0) is 74.6.